The number of carbonyl (C=O) groups is 2. The number of amides is 2. The van der Waals surface area contributed by atoms with Crippen LogP contribution in [0.25, 0.3) is 11.0 Å². The van der Waals surface area contributed by atoms with Crippen molar-refractivity contribution >= 4 is 22.8 Å². The van der Waals surface area contributed by atoms with Gasteiger partial charge in [0.25, 0.3) is 0 Å². The topological polar surface area (TPSA) is 70.8 Å². The number of hydrogen-bond acceptors (Lipinski definition) is 4. The number of rotatable bonds is 3. The second kappa shape index (κ2) is 3.93. The number of aliphatic hydroxyl groups is 1. The van der Waals surface area contributed by atoms with Crippen LogP contribution in [0.2, 0.25) is 0 Å². The highest BCUT2D eigenvalue weighted by molar-refractivity contribution is 6.08. The lowest BCUT2D eigenvalue weighted by Crippen LogP contribution is -2.36. The van der Waals surface area contributed by atoms with E-state index in [1.807, 2.05) is 24.3 Å². The Labute approximate surface area is 114 Å². The van der Waals surface area contributed by atoms with Crippen LogP contribution in [-0.2, 0) is 9.59 Å². The van der Waals surface area contributed by atoms with Crippen LogP contribution in [0.4, 0.5) is 0 Å². The van der Waals surface area contributed by atoms with Gasteiger partial charge >= 0.3 is 0 Å². The van der Waals surface area contributed by atoms with Crippen molar-refractivity contribution in [2.45, 2.75) is 12.5 Å². The van der Waals surface area contributed by atoms with E-state index in [-0.39, 0.29) is 30.2 Å². The van der Waals surface area contributed by atoms with Crippen molar-refractivity contribution in [3.05, 3.63) is 36.1 Å². The molecule has 0 radical (unpaired) electrons. The molecule has 1 aromatic carbocycles. The minimum absolute atomic E-state index is 0.0233. The first-order valence-electron chi connectivity index (χ1n) is 6.67. The van der Waals surface area contributed by atoms with Gasteiger partial charge in [0.15, 0.2) is 0 Å². The fraction of sp³-hybridized carbons (Fsp3) is 0.333. The van der Waals surface area contributed by atoms with E-state index < -0.39 is 6.10 Å². The van der Waals surface area contributed by atoms with Gasteiger partial charge < -0.3 is 9.52 Å². The average molecular weight is 271 g/mol. The predicted molar refractivity (Wildman–Crippen MR) is 69.5 cm³/mol. The highest BCUT2D eigenvalue weighted by Crippen LogP contribution is 2.47. The first-order chi connectivity index (χ1) is 9.65. The molecular weight excluding hydrogens is 258 g/mol. The van der Waals surface area contributed by atoms with Gasteiger partial charge in [-0.25, -0.2) is 0 Å². The Kier molecular flexibility index (Phi) is 2.29. The molecule has 1 N–H and O–H groups in total. The third-order valence-corrected chi connectivity index (χ3v) is 4.09. The lowest BCUT2D eigenvalue weighted by Gasteiger charge is -2.18. The van der Waals surface area contributed by atoms with Crippen LogP contribution >= 0.6 is 0 Å². The molecule has 3 unspecified atom stereocenters. The van der Waals surface area contributed by atoms with Gasteiger partial charge in [-0.1, -0.05) is 18.2 Å². The van der Waals surface area contributed by atoms with Gasteiger partial charge in [0.1, 0.15) is 17.4 Å². The lowest BCUT2D eigenvalue weighted by molar-refractivity contribution is -0.143. The van der Waals surface area contributed by atoms with E-state index in [1.165, 1.54) is 0 Å². The lowest BCUT2D eigenvalue weighted by atomic mass is 10.2. The first kappa shape index (κ1) is 11.7. The van der Waals surface area contributed by atoms with Crippen molar-refractivity contribution in [1.29, 1.82) is 0 Å². The minimum atomic E-state index is -0.979. The fourth-order valence-corrected chi connectivity index (χ4v) is 2.86. The molecular formula is C15H13NO4. The Hall–Kier alpha value is -2.14. The molecule has 2 heterocycles. The summed E-state index contributed by atoms with van der Waals surface area (Å²) >= 11 is 0. The van der Waals surface area contributed by atoms with E-state index in [4.69, 9.17) is 4.42 Å². The summed E-state index contributed by atoms with van der Waals surface area (Å²) in [4.78, 5) is 24.9. The van der Waals surface area contributed by atoms with Gasteiger partial charge in [0.05, 0.1) is 18.4 Å². The van der Waals surface area contributed by atoms with E-state index in [0.29, 0.717) is 17.8 Å². The number of aliphatic hydroxyl groups excluding tert-OH is 1. The zero-order valence-electron chi connectivity index (χ0n) is 10.7. The summed E-state index contributed by atoms with van der Waals surface area (Å²) in [5, 5.41) is 11.1. The van der Waals surface area contributed by atoms with E-state index in [1.54, 1.807) is 6.07 Å². The maximum Gasteiger partial charge on any atom is 0.233 e. The van der Waals surface area contributed by atoms with Gasteiger partial charge in [-0.2, -0.15) is 0 Å². The van der Waals surface area contributed by atoms with E-state index >= 15 is 0 Å². The Morgan fingerprint density at radius 2 is 1.95 bits per heavy atom. The van der Waals surface area contributed by atoms with Gasteiger partial charge in [0.2, 0.25) is 11.8 Å². The molecule has 0 bridgehead atoms. The van der Waals surface area contributed by atoms with Crippen molar-refractivity contribution in [3.8, 4) is 0 Å². The molecule has 0 spiro atoms. The Balaban J connectivity index is 1.56. The summed E-state index contributed by atoms with van der Waals surface area (Å²) < 4.78 is 5.55. The van der Waals surface area contributed by atoms with Gasteiger partial charge in [0, 0.05) is 5.39 Å². The number of benzene rings is 1. The molecule has 3 atom stereocenters. The highest BCUT2D eigenvalue weighted by atomic mass is 16.4. The molecule has 1 aromatic heterocycles. The third-order valence-electron chi connectivity index (χ3n) is 4.09. The number of para-hydroxylation sites is 1. The Morgan fingerprint density at radius 3 is 2.65 bits per heavy atom. The van der Waals surface area contributed by atoms with Crippen molar-refractivity contribution in [2.75, 3.05) is 6.54 Å². The molecule has 20 heavy (non-hydrogen) atoms. The SMILES string of the molecule is O=C1C2CC2C(=O)N1CC(O)c1cc2ccccc2o1. The van der Waals surface area contributed by atoms with Crippen LogP contribution in [0.1, 0.15) is 18.3 Å². The summed E-state index contributed by atoms with van der Waals surface area (Å²) in [6.45, 7) is -0.0233. The summed E-state index contributed by atoms with van der Waals surface area (Å²) in [6.07, 6.45) is -0.303. The number of β-amino-alcohol motifs (C(OH)–C–C–N with tert-alkyl or cyclic N) is 1. The second-order valence-corrected chi connectivity index (χ2v) is 5.44. The number of fused-ring (bicyclic) bond motifs is 2. The van der Waals surface area contributed by atoms with E-state index in [0.717, 1.165) is 10.3 Å². The number of carbonyl (C=O) groups excluding carboxylic acids is 2. The predicted octanol–water partition coefficient (Wildman–Crippen LogP) is 1.47. The maximum atomic E-state index is 11.9. The van der Waals surface area contributed by atoms with Crippen LogP contribution in [0, 0.1) is 11.8 Å². The largest absolute Gasteiger partial charge is 0.458 e. The van der Waals surface area contributed by atoms with Crippen molar-refractivity contribution in [2.24, 2.45) is 11.8 Å². The number of imide groups is 1. The summed E-state index contributed by atoms with van der Waals surface area (Å²) in [5.74, 6) is -0.201. The zero-order chi connectivity index (χ0) is 13.9. The second-order valence-electron chi connectivity index (χ2n) is 5.44. The monoisotopic (exact) mass is 271 g/mol. The summed E-state index contributed by atoms with van der Waals surface area (Å²) in [5.41, 5.74) is 0.684. The van der Waals surface area contributed by atoms with Crippen LogP contribution in [0.3, 0.4) is 0 Å². The molecule has 5 nitrogen and oxygen atoms in total. The number of likely N-dealkylation sites (tertiary alicyclic amines) is 1. The molecule has 1 saturated carbocycles. The average Bonchev–Trinajstić information content (AvgIpc) is 3.07. The zero-order valence-corrected chi connectivity index (χ0v) is 10.7. The maximum absolute atomic E-state index is 11.9. The molecule has 102 valence electrons. The van der Waals surface area contributed by atoms with Crippen LogP contribution < -0.4 is 0 Å². The number of nitrogens with zero attached hydrogens (tertiary/aromatic N) is 1. The quantitative estimate of drug-likeness (QED) is 0.858. The number of furan rings is 1. The molecule has 2 fully saturated rings. The van der Waals surface area contributed by atoms with E-state index in [9.17, 15) is 14.7 Å². The highest BCUT2D eigenvalue weighted by Gasteiger charge is 2.59. The van der Waals surface area contributed by atoms with Crippen molar-refractivity contribution in [1.82, 2.24) is 4.90 Å². The molecule has 2 aromatic rings. The van der Waals surface area contributed by atoms with Gasteiger partial charge in [-0.05, 0) is 18.6 Å². The summed E-state index contributed by atoms with van der Waals surface area (Å²) in [7, 11) is 0. The third kappa shape index (κ3) is 1.59. The molecule has 2 aliphatic rings. The number of piperidine rings is 1. The van der Waals surface area contributed by atoms with Gasteiger partial charge in [-0.15, -0.1) is 0 Å². The normalized spacial score (nSPS) is 26.1. The minimum Gasteiger partial charge on any atom is -0.458 e. The molecule has 1 aliphatic heterocycles. The Morgan fingerprint density at radius 1 is 1.25 bits per heavy atom. The smallest absolute Gasteiger partial charge is 0.233 e. The number of hydrogen-bond donors (Lipinski definition) is 1. The van der Waals surface area contributed by atoms with Crippen LogP contribution in [-0.4, -0.2) is 28.4 Å². The van der Waals surface area contributed by atoms with Crippen molar-refractivity contribution in [3.63, 3.8) is 0 Å². The standard InChI is InChI=1S/C15H13NO4/c17-11(7-16-14(18)9-6-10(9)15(16)19)13-5-8-3-1-2-4-12(8)20-13/h1-5,9-11,17H,6-7H2. The fourth-order valence-electron chi connectivity index (χ4n) is 2.86. The molecule has 1 saturated heterocycles. The molecule has 1 aliphatic carbocycles. The van der Waals surface area contributed by atoms with Crippen LogP contribution in [0.15, 0.2) is 34.7 Å². The van der Waals surface area contributed by atoms with Gasteiger partial charge in [-0.3, -0.25) is 14.5 Å². The first-order valence-corrected chi connectivity index (χ1v) is 6.67. The van der Waals surface area contributed by atoms with Crippen LogP contribution in [0.5, 0.6) is 0 Å². The Bertz CT molecular complexity index is 666. The molecule has 4 rings (SSSR count). The van der Waals surface area contributed by atoms with Crippen molar-refractivity contribution < 1.29 is 19.1 Å². The molecule has 2 amide bonds. The summed E-state index contributed by atoms with van der Waals surface area (Å²) in [6, 6.07) is 9.17. The van der Waals surface area contributed by atoms with E-state index in [2.05, 4.69) is 0 Å². The molecule has 5 heteroatoms.